The molecule has 246 valence electrons. The Morgan fingerprint density at radius 1 is 0.750 bits per heavy atom. The van der Waals surface area contributed by atoms with Gasteiger partial charge >= 0.3 is 0 Å². The molecule has 0 saturated carbocycles. The molecule has 3 heterocycles. The van der Waals surface area contributed by atoms with Crippen molar-refractivity contribution < 1.29 is 33.2 Å². The van der Waals surface area contributed by atoms with Crippen molar-refractivity contribution in [3.05, 3.63) is 127 Å². The summed E-state index contributed by atoms with van der Waals surface area (Å²) < 4.78 is 40.6. The van der Waals surface area contributed by atoms with Crippen LogP contribution in [0.15, 0.2) is 127 Å². The molecule has 0 amide bonds. The molecule has 48 heavy (non-hydrogen) atoms. The predicted octanol–water partition coefficient (Wildman–Crippen LogP) is 8.49. The van der Waals surface area contributed by atoms with Crippen LogP contribution in [0.2, 0.25) is 0 Å². The fourth-order valence-electron chi connectivity index (χ4n) is 5.56. The monoisotopic (exact) mass is 644 g/mol. The van der Waals surface area contributed by atoms with Crippen molar-refractivity contribution in [1.82, 2.24) is 0 Å². The molecule has 4 aromatic rings. The number of allylic oxidation sites excluding steroid dienone is 7. The van der Waals surface area contributed by atoms with E-state index in [0.29, 0.717) is 37.1 Å². The third-order valence-electron chi connectivity index (χ3n) is 8.40. The minimum Gasteiger partial charge on any atom is -0.491 e. The van der Waals surface area contributed by atoms with Crippen LogP contribution in [0.3, 0.4) is 0 Å². The summed E-state index contributed by atoms with van der Waals surface area (Å²) in [5, 5.41) is 4.31. The summed E-state index contributed by atoms with van der Waals surface area (Å²) in [6.45, 7) is 15.7. The number of fused-ring (bicyclic) bond motifs is 2. The van der Waals surface area contributed by atoms with E-state index in [1.807, 2.05) is 56.4 Å². The summed E-state index contributed by atoms with van der Waals surface area (Å²) in [7, 11) is 0. The zero-order valence-electron chi connectivity index (χ0n) is 27.4. The molecule has 0 spiro atoms. The van der Waals surface area contributed by atoms with Gasteiger partial charge in [-0.2, -0.15) is 0 Å². The average molecular weight is 645 g/mol. The lowest BCUT2D eigenvalue weighted by Gasteiger charge is -2.16. The standard InChI is InChI=1S/C41H40O7/c1-5-28(6-2)32(15-26(3)42-20-36-22-44-36)16-27(4)48-35-13-10-30-11-14-40(47-25-38-24-46-38)41(39(30)19-35)31-8-7-29-9-12-34(18-33(29)17-31)43-21-37-23-45-37/h5-19,36-38H,1,3,20-25H2,2,4H3/b27-16+,28-6-,32-15-. The van der Waals surface area contributed by atoms with E-state index in [1.165, 1.54) is 0 Å². The Morgan fingerprint density at radius 2 is 1.42 bits per heavy atom. The van der Waals surface area contributed by atoms with Crippen LogP contribution in [0, 0.1) is 0 Å². The van der Waals surface area contributed by atoms with Gasteiger partial charge in [0.15, 0.2) is 0 Å². The van der Waals surface area contributed by atoms with E-state index in [4.69, 9.17) is 33.2 Å². The molecular formula is C41H40O7. The van der Waals surface area contributed by atoms with Crippen LogP contribution in [0.1, 0.15) is 13.8 Å². The highest BCUT2D eigenvalue weighted by Crippen LogP contribution is 2.41. The molecule has 4 aromatic carbocycles. The fraction of sp³-hybridized carbons (Fsp3) is 0.268. The molecule has 3 aliphatic rings. The summed E-state index contributed by atoms with van der Waals surface area (Å²) in [6.07, 6.45) is 8.15. The van der Waals surface area contributed by atoms with Crippen molar-refractivity contribution in [2.75, 3.05) is 39.6 Å². The summed E-state index contributed by atoms with van der Waals surface area (Å²) >= 11 is 0. The van der Waals surface area contributed by atoms with E-state index >= 15 is 0 Å². The molecule has 0 bridgehead atoms. The van der Waals surface area contributed by atoms with E-state index in [0.717, 1.165) is 75.1 Å². The van der Waals surface area contributed by atoms with E-state index in [-0.39, 0.29) is 18.3 Å². The van der Waals surface area contributed by atoms with Crippen LogP contribution in [0.5, 0.6) is 17.2 Å². The topological polar surface area (TPSA) is 74.5 Å². The third-order valence-corrected chi connectivity index (χ3v) is 8.40. The van der Waals surface area contributed by atoms with Gasteiger partial charge in [-0.15, -0.1) is 0 Å². The second-order valence-electron chi connectivity index (χ2n) is 12.2. The highest BCUT2D eigenvalue weighted by molar-refractivity contribution is 6.02. The van der Waals surface area contributed by atoms with Gasteiger partial charge in [-0.3, -0.25) is 0 Å². The summed E-state index contributed by atoms with van der Waals surface area (Å²) in [4.78, 5) is 0. The summed E-state index contributed by atoms with van der Waals surface area (Å²) in [5.74, 6) is 3.58. The highest BCUT2D eigenvalue weighted by Gasteiger charge is 2.25. The number of epoxide rings is 3. The first-order valence-electron chi connectivity index (χ1n) is 16.4. The van der Waals surface area contributed by atoms with Crippen LogP contribution < -0.4 is 14.2 Å². The molecule has 3 atom stereocenters. The minimum absolute atomic E-state index is 0.131. The van der Waals surface area contributed by atoms with Crippen molar-refractivity contribution in [3.63, 3.8) is 0 Å². The minimum atomic E-state index is 0.131. The smallest absolute Gasteiger partial charge is 0.127 e. The molecule has 0 radical (unpaired) electrons. The summed E-state index contributed by atoms with van der Waals surface area (Å²) in [5.41, 5.74) is 3.86. The first kappa shape index (κ1) is 31.8. The highest BCUT2D eigenvalue weighted by atomic mass is 16.6. The maximum atomic E-state index is 6.44. The normalized spacial score (nSPS) is 20.4. The number of ether oxygens (including phenoxy) is 7. The third kappa shape index (κ3) is 8.00. The van der Waals surface area contributed by atoms with Gasteiger partial charge in [-0.05, 0) is 101 Å². The van der Waals surface area contributed by atoms with Gasteiger partial charge in [-0.1, -0.05) is 55.6 Å². The fourth-order valence-corrected chi connectivity index (χ4v) is 5.56. The van der Waals surface area contributed by atoms with Gasteiger partial charge < -0.3 is 33.2 Å². The molecule has 7 rings (SSSR count). The Labute approximate surface area is 281 Å². The lowest BCUT2D eigenvalue weighted by Crippen LogP contribution is -2.05. The molecule has 0 aliphatic carbocycles. The molecule has 3 fully saturated rings. The Morgan fingerprint density at radius 3 is 2.15 bits per heavy atom. The molecule has 3 aliphatic heterocycles. The zero-order valence-corrected chi connectivity index (χ0v) is 27.4. The molecule has 0 aromatic heterocycles. The molecule has 3 saturated heterocycles. The number of hydrogen-bond acceptors (Lipinski definition) is 7. The lowest BCUT2D eigenvalue weighted by molar-refractivity contribution is 0.194. The van der Waals surface area contributed by atoms with Gasteiger partial charge in [0.1, 0.15) is 66.9 Å². The maximum absolute atomic E-state index is 6.44. The van der Waals surface area contributed by atoms with Crippen molar-refractivity contribution in [3.8, 4) is 28.4 Å². The first-order valence-corrected chi connectivity index (χ1v) is 16.4. The second-order valence-corrected chi connectivity index (χ2v) is 12.2. The van der Waals surface area contributed by atoms with Gasteiger partial charge in [-0.25, -0.2) is 0 Å². The van der Waals surface area contributed by atoms with Crippen molar-refractivity contribution >= 4 is 21.5 Å². The maximum Gasteiger partial charge on any atom is 0.127 e. The second kappa shape index (κ2) is 14.1. The van der Waals surface area contributed by atoms with E-state index < -0.39 is 0 Å². The number of rotatable bonds is 16. The van der Waals surface area contributed by atoms with Crippen LogP contribution in [0.4, 0.5) is 0 Å². The Kier molecular flexibility index (Phi) is 9.34. The van der Waals surface area contributed by atoms with Crippen molar-refractivity contribution in [1.29, 1.82) is 0 Å². The van der Waals surface area contributed by atoms with Crippen LogP contribution in [-0.4, -0.2) is 58.0 Å². The lowest BCUT2D eigenvalue weighted by atomic mass is 9.95. The van der Waals surface area contributed by atoms with Gasteiger partial charge in [0.2, 0.25) is 0 Å². The van der Waals surface area contributed by atoms with E-state index in [2.05, 4.69) is 61.7 Å². The largest absolute Gasteiger partial charge is 0.491 e. The Bertz CT molecular complexity index is 1940. The predicted molar refractivity (Wildman–Crippen MR) is 189 cm³/mol. The van der Waals surface area contributed by atoms with E-state index in [1.54, 1.807) is 0 Å². The number of hydrogen-bond donors (Lipinski definition) is 0. The Balaban J connectivity index is 1.22. The molecular weight excluding hydrogens is 604 g/mol. The first-order chi connectivity index (χ1) is 23.4. The van der Waals surface area contributed by atoms with E-state index in [9.17, 15) is 0 Å². The SMILES string of the molecule is C=CC(=C/C)/C(=C\C(=C)OCC1CO1)/C=C(\C)Oc1ccc2ccc(OCC3CO3)c(-c3ccc4ccc(OCC5CO5)cc4c3)c2c1. The molecule has 3 unspecified atom stereocenters. The average Bonchev–Trinajstić information content (AvgIpc) is 3.94. The van der Waals surface area contributed by atoms with Gasteiger partial charge in [0, 0.05) is 5.56 Å². The molecule has 7 nitrogen and oxygen atoms in total. The molecule has 0 N–H and O–H groups in total. The zero-order chi connectivity index (χ0) is 33.0. The summed E-state index contributed by atoms with van der Waals surface area (Å²) in [6, 6.07) is 22.9. The Hall–Kier alpha value is -4.82. The number of benzene rings is 4. The van der Waals surface area contributed by atoms with Gasteiger partial charge in [0.05, 0.1) is 19.8 Å². The van der Waals surface area contributed by atoms with Crippen LogP contribution >= 0.6 is 0 Å². The quantitative estimate of drug-likeness (QED) is 0.0688. The van der Waals surface area contributed by atoms with Crippen molar-refractivity contribution in [2.45, 2.75) is 32.2 Å². The van der Waals surface area contributed by atoms with Gasteiger partial charge in [0.25, 0.3) is 0 Å². The van der Waals surface area contributed by atoms with Crippen LogP contribution in [-0.2, 0) is 18.9 Å². The van der Waals surface area contributed by atoms with Crippen molar-refractivity contribution in [2.24, 2.45) is 0 Å². The van der Waals surface area contributed by atoms with Crippen LogP contribution in [0.25, 0.3) is 32.7 Å². The molecule has 7 heteroatoms.